The topological polar surface area (TPSA) is 12.0 Å². The van der Waals surface area contributed by atoms with Crippen molar-refractivity contribution < 1.29 is 0 Å². The Labute approximate surface area is 118 Å². The summed E-state index contributed by atoms with van der Waals surface area (Å²) in [6, 6.07) is 16.4. The van der Waals surface area contributed by atoms with Crippen molar-refractivity contribution in [1.82, 2.24) is 0 Å². The second-order valence-electron chi connectivity index (χ2n) is 4.09. The van der Waals surface area contributed by atoms with Gasteiger partial charge in [0.2, 0.25) is 0 Å². The van der Waals surface area contributed by atoms with Crippen LogP contribution in [-0.4, -0.2) is 6.26 Å². The Bertz CT molecular complexity index is 527. The maximum Gasteiger partial charge on any atom is 0.0500 e. The van der Waals surface area contributed by atoms with Crippen LogP contribution in [0.4, 0.5) is 5.69 Å². The lowest BCUT2D eigenvalue weighted by Crippen LogP contribution is -2.07. The van der Waals surface area contributed by atoms with Crippen molar-refractivity contribution in [2.75, 3.05) is 11.6 Å². The zero-order valence-electron chi connectivity index (χ0n) is 10.5. The van der Waals surface area contributed by atoms with Crippen molar-refractivity contribution >= 4 is 29.1 Å². The molecule has 94 valence electrons. The lowest BCUT2D eigenvalue weighted by Gasteiger charge is -2.18. The van der Waals surface area contributed by atoms with E-state index < -0.39 is 0 Å². The second kappa shape index (κ2) is 6.17. The third-order valence-corrected chi connectivity index (χ3v) is 3.99. The molecule has 1 unspecified atom stereocenters. The average Bonchev–Trinajstić information content (AvgIpc) is 2.39. The highest BCUT2D eigenvalue weighted by atomic mass is 35.5. The molecule has 3 heteroatoms. The lowest BCUT2D eigenvalue weighted by molar-refractivity contribution is 0.880. The molecule has 0 fully saturated rings. The van der Waals surface area contributed by atoms with Gasteiger partial charge in [0.15, 0.2) is 0 Å². The largest absolute Gasteiger partial charge is 0.378 e. The highest BCUT2D eigenvalue weighted by Gasteiger charge is 2.10. The molecule has 0 aromatic heterocycles. The van der Waals surface area contributed by atoms with E-state index in [9.17, 15) is 0 Å². The van der Waals surface area contributed by atoms with Crippen LogP contribution in [-0.2, 0) is 0 Å². The normalized spacial score (nSPS) is 12.2. The minimum absolute atomic E-state index is 0.187. The van der Waals surface area contributed by atoms with Crippen LogP contribution in [0.2, 0.25) is 5.02 Å². The fourth-order valence-electron chi connectivity index (χ4n) is 1.90. The number of halogens is 1. The van der Waals surface area contributed by atoms with Crippen LogP contribution in [0.15, 0.2) is 53.4 Å². The molecule has 0 saturated carbocycles. The Morgan fingerprint density at radius 2 is 1.72 bits per heavy atom. The number of para-hydroxylation sites is 1. The van der Waals surface area contributed by atoms with Gasteiger partial charge in [-0.25, -0.2) is 0 Å². The zero-order chi connectivity index (χ0) is 13.0. The highest BCUT2D eigenvalue weighted by molar-refractivity contribution is 7.98. The average molecular weight is 278 g/mol. The fourth-order valence-corrected chi connectivity index (χ4v) is 2.76. The first-order chi connectivity index (χ1) is 8.72. The summed E-state index contributed by atoms with van der Waals surface area (Å²) in [6.07, 6.45) is 2.08. The molecule has 0 radical (unpaired) electrons. The number of nitrogens with one attached hydrogen (secondary N) is 1. The summed E-state index contributed by atoms with van der Waals surface area (Å²) in [5.41, 5.74) is 2.27. The van der Waals surface area contributed by atoms with Crippen LogP contribution in [0.1, 0.15) is 18.5 Å². The molecule has 1 nitrogen and oxygen atoms in total. The van der Waals surface area contributed by atoms with Gasteiger partial charge in [-0.15, -0.1) is 11.8 Å². The van der Waals surface area contributed by atoms with Gasteiger partial charge >= 0.3 is 0 Å². The molecular weight excluding hydrogens is 262 g/mol. The van der Waals surface area contributed by atoms with Gasteiger partial charge in [-0.3, -0.25) is 0 Å². The van der Waals surface area contributed by atoms with Gasteiger partial charge in [-0.1, -0.05) is 41.9 Å². The van der Waals surface area contributed by atoms with Gasteiger partial charge in [-0.05, 0) is 36.9 Å². The van der Waals surface area contributed by atoms with Crippen LogP contribution in [0.3, 0.4) is 0 Å². The number of anilines is 1. The van der Waals surface area contributed by atoms with Gasteiger partial charge in [0.1, 0.15) is 0 Å². The summed E-state index contributed by atoms with van der Waals surface area (Å²) in [7, 11) is 0. The smallest absolute Gasteiger partial charge is 0.0500 e. The fraction of sp³-hybridized carbons (Fsp3) is 0.200. The van der Waals surface area contributed by atoms with Crippen molar-refractivity contribution in [3.8, 4) is 0 Å². The van der Waals surface area contributed by atoms with E-state index in [-0.39, 0.29) is 6.04 Å². The Balaban J connectivity index is 2.21. The standard InChI is InChI=1S/C15H16ClNS/c1-11(12-7-3-4-8-13(12)16)17-14-9-5-6-10-15(14)18-2/h3-11,17H,1-2H3. The molecule has 0 aliphatic rings. The van der Waals surface area contributed by atoms with Crippen molar-refractivity contribution in [1.29, 1.82) is 0 Å². The molecule has 0 amide bonds. The highest BCUT2D eigenvalue weighted by Crippen LogP contribution is 2.30. The predicted molar refractivity (Wildman–Crippen MR) is 81.7 cm³/mol. The van der Waals surface area contributed by atoms with Crippen LogP contribution < -0.4 is 5.32 Å². The monoisotopic (exact) mass is 277 g/mol. The number of thioether (sulfide) groups is 1. The molecule has 1 atom stereocenters. The van der Waals surface area contributed by atoms with E-state index in [1.807, 2.05) is 24.3 Å². The summed E-state index contributed by atoms with van der Waals surface area (Å²) in [4.78, 5) is 1.25. The van der Waals surface area contributed by atoms with E-state index in [4.69, 9.17) is 11.6 Å². The van der Waals surface area contributed by atoms with Crippen molar-refractivity contribution in [3.05, 3.63) is 59.1 Å². The molecule has 2 aromatic carbocycles. The van der Waals surface area contributed by atoms with Crippen LogP contribution >= 0.6 is 23.4 Å². The Hall–Kier alpha value is -1.12. The molecule has 1 N–H and O–H groups in total. The molecule has 18 heavy (non-hydrogen) atoms. The van der Waals surface area contributed by atoms with Crippen molar-refractivity contribution in [3.63, 3.8) is 0 Å². The zero-order valence-corrected chi connectivity index (χ0v) is 12.1. The summed E-state index contributed by atoms with van der Waals surface area (Å²) in [6.45, 7) is 2.12. The molecule has 0 aliphatic heterocycles. The van der Waals surface area contributed by atoms with Crippen LogP contribution in [0.25, 0.3) is 0 Å². The van der Waals surface area contributed by atoms with Crippen molar-refractivity contribution in [2.24, 2.45) is 0 Å². The summed E-state index contributed by atoms with van der Waals surface area (Å²) in [5.74, 6) is 0. The summed E-state index contributed by atoms with van der Waals surface area (Å²) in [5, 5.41) is 4.32. The summed E-state index contributed by atoms with van der Waals surface area (Å²) >= 11 is 7.96. The molecule has 0 aliphatic carbocycles. The minimum atomic E-state index is 0.187. The maximum absolute atomic E-state index is 6.21. The van der Waals surface area contributed by atoms with E-state index in [2.05, 4.69) is 42.8 Å². The molecule has 0 bridgehead atoms. The number of benzene rings is 2. The molecule has 0 saturated heterocycles. The Kier molecular flexibility index (Phi) is 4.56. The van der Waals surface area contributed by atoms with E-state index in [0.717, 1.165) is 16.3 Å². The summed E-state index contributed by atoms with van der Waals surface area (Å²) < 4.78 is 0. The first kappa shape index (κ1) is 13.3. The molecular formula is C15H16ClNS. The first-order valence-electron chi connectivity index (χ1n) is 5.86. The molecule has 0 heterocycles. The SMILES string of the molecule is CSc1ccccc1NC(C)c1ccccc1Cl. The van der Waals surface area contributed by atoms with Crippen LogP contribution in [0, 0.1) is 0 Å². The molecule has 2 rings (SSSR count). The van der Waals surface area contributed by atoms with E-state index in [1.165, 1.54) is 4.90 Å². The third kappa shape index (κ3) is 3.01. The van der Waals surface area contributed by atoms with E-state index in [1.54, 1.807) is 11.8 Å². The first-order valence-corrected chi connectivity index (χ1v) is 7.46. The Morgan fingerprint density at radius 1 is 1.06 bits per heavy atom. The molecule has 2 aromatic rings. The lowest BCUT2D eigenvalue weighted by atomic mass is 10.1. The van der Waals surface area contributed by atoms with Crippen LogP contribution in [0.5, 0.6) is 0 Å². The quantitative estimate of drug-likeness (QED) is 0.768. The predicted octanol–water partition coefficient (Wildman–Crippen LogP) is 5.24. The third-order valence-electron chi connectivity index (χ3n) is 2.85. The maximum atomic E-state index is 6.21. The second-order valence-corrected chi connectivity index (χ2v) is 5.34. The number of rotatable bonds is 4. The minimum Gasteiger partial charge on any atom is -0.378 e. The van der Waals surface area contributed by atoms with Gasteiger partial charge < -0.3 is 5.32 Å². The van der Waals surface area contributed by atoms with Gasteiger partial charge in [0, 0.05) is 15.6 Å². The number of hydrogen-bond donors (Lipinski definition) is 1. The molecule has 0 spiro atoms. The van der Waals surface area contributed by atoms with Gasteiger partial charge in [0.25, 0.3) is 0 Å². The van der Waals surface area contributed by atoms with E-state index in [0.29, 0.717) is 0 Å². The van der Waals surface area contributed by atoms with Gasteiger partial charge in [-0.2, -0.15) is 0 Å². The van der Waals surface area contributed by atoms with Gasteiger partial charge in [0.05, 0.1) is 6.04 Å². The Morgan fingerprint density at radius 3 is 2.44 bits per heavy atom. The number of hydrogen-bond acceptors (Lipinski definition) is 2. The van der Waals surface area contributed by atoms with E-state index >= 15 is 0 Å². The van der Waals surface area contributed by atoms with Crippen molar-refractivity contribution in [2.45, 2.75) is 17.9 Å².